The van der Waals surface area contributed by atoms with Gasteiger partial charge < -0.3 is 5.32 Å². The Hall–Kier alpha value is -3.67. The van der Waals surface area contributed by atoms with Crippen molar-refractivity contribution in [2.75, 3.05) is 5.32 Å². The van der Waals surface area contributed by atoms with E-state index in [-0.39, 0.29) is 4.90 Å². The highest BCUT2D eigenvalue weighted by atomic mass is 32.2. The molecule has 9 nitrogen and oxygen atoms in total. The number of aromatic nitrogens is 5. The summed E-state index contributed by atoms with van der Waals surface area (Å²) in [6, 6.07) is 13.4. The Morgan fingerprint density at radius 3 is 2.64 bits per heavy atom. The highest BCUT2D eigenvalue weighted by Crippen LogP contribution is 2.31. The van der Waals surface area contributed by atoms with Crippen molar-refractivity contribution in [3.8, 4) is 22.5 Å². The van der Waals surface area contributed by atoms with Crippen LogP contribution in [0.5, 0.6) is 0 Å². The summed E-state index contributed by atoms with van der Waals surface area (Å²) >= 11 is 1.58. The van der Waals surface area contributed by atoms with E-state index in [4.69, 9.17) is 10.1 Å². The van der Waals surface area contributed by atoms with Crippen molar-refractivity contribution >= 4 is 32.7 Å². The van der Waals surface area contributed by atoms with E-state index in [2.05, 4.69) is 20.4 Å². The summed E-state index contributed by atoms with van der Waals surface area (Å²) < 4.78 is 25.3. The van der Waals surface area contributed by atoms with Crippen molar-refractivity contribution in [1.82, 2.24) is 24.6 Å². The van der Waals surface area contributed by atoms with Crippen LogP contribution in [0.1, 0.15) is 10.7 Å². The predicted octanol–water partition coefficient (Wildman–Crippen LogP) is 3.48. The van der Waals surface area contributed by atoms with Crippen LogP contribution in [0.3, 0.4) is 0 Å². The van der Waals surface area contributed by atoms with E-state index in [0.29, 0.717) is 23.8 Å². The zero-order chi connectivity index (χ0) is 23.0. The number of thiazole rings is 1. The topological polar surface area (TPSA) is 128 Å². The largest absolute Gasteiger partial charge is 0.362 e. The van der Waals surface area contributed by atoms with Gasteiger partial charge in [0.05, 0.1) is 17.2 Å². The number of hydrogen-bond acceptors (Lipinski definition) is 8. The fourth-order valence-electron chi connectivity index (χ4n) is 3.48. The number of nitrogens with zero attached hydrogens (tertiary/aromatic N) is 5. The molecule has 0 amide bonds. The maximum absolute atomic E-state index is 11.8. The molecule has 0 saturated heterocycles. The maximum Gasteiger partial charge on any atom is 0.239 e. The van der Waals surface area contributed by atoms with E-state index in [1.54, 1.807) is 15.9 Å². The van der Waals surface area contributed by atoms with Crippen LogP contribution in [-0.4, -0.2) is 33.0 Å². The van der Waals surface area contributed by atoms with Crippen molar-refractivity contribution in [2.24, 2.45) is 5.14 Å². The summed E-state index contributed by atoms with van der Waals surface area (Å²) in [5.74, 6) is 0.906. The van der Waals surface area contributed by atoms with E-state index < -0.39 is 10.0 Å². The lowest BCUT2D eigenvalue weighted by Gasteiger charge is -2.11. The molecule has 0 bridgehead atoms. The van der Waals surface area contributed by atoms with Gasteiger partial charge in [-0.15, -0.1) is 16.4 Å². The van der Waals surface area contributed by atoms with Gasteiger partial charge in [0.25, 0.3) is 0 Å². The fraction of sp³-hybridized carbons (Fsp3) is 0.0909. The molecule has 4 aromatic heterocycles. The molecule has 0 aliphatic rings. The summed E-state index contributed by atoms with van der Waals surface area (Å²) in [5, 5.41) is 16.2. The van der Waals surface area contributed by atoms with Crippen molar-refractivity contribution in [3.63, 3.8) is 0 Å². The molecule has 5 rings (SSSR count). The molecule has 11 heteroatoms. The summed E-state index contributed by atoms with van der Waals surface area (Å²) in [4.78, 5) is 13.1. The number of sulfonamides is 1. The number of benzene rings is 1. The van der Waals surface area contributed by atoms with Crippen LogP contribution >= 0.6 is 11.3 Å². The quantitative estimate of drug-likeness (QED) is 0.383. The van der Waals surface area contributed by atoms with E-state index in [1.807, 2.05) is 54.9 Å². The monoisotopic (exact) mass is 477 g/mol. The molecule has 1 aromatic carbocycles. The molecule has 3 N–H and O–H groups in total. The summed E-state index contributed by atoms with van der Waals surface area (Å²) in [6.45, 7) is 2.44. The average molecular weight is 478 g/mol. The number of aryl methyl sites for hydroxylation is 1. The van der Waals surface area contributed by atoms with Crippen LogP contribution in [0, 0.1) is 6.92 Å². The number of hydrogen-bond donors (Lipinski definition) is 2. The second-order valence-corrected chi connectivity index (χ2v) is 9.96. The number of fused-ring (bicyclic) bond motifs is 1. The van der Waals surface area contributed by atoms with Crippen LogP contribution in [0.25, 0.3) is 28.0 Å². The fourth-order valence-corrected chi connectivity index (χ4v) is 4.59. The molecule has 166 valence electrons. The summed E-state index contributed by atoms with van der Waals surface area (Å²) in [5.41, 5.74) is 4.14. The lowest BCUT2D eigenvalue weighted by atomic mass is 10.1. The molecule has 0 fully saturated rings. The van der Waals surface area contributed by atoms with E-state index in [0.717, 1.165) is 27.3 Å². The number of primary sulfonamides is 1. The van der Waals surface area contributed by atoms with Gasteiger partial charge in [-0.05, 0) is 24.6 Å². The molecule has 33 heavy (non-hydrogen) atoms. The predicted molar refractivity (Wildman–Crippen MR) is 127 cm³/mol. The Bertz CT molecular complexity index is 1560. The molecular formula is C22H19N7O2S2. The minimum atomic E-state index is -3.91. The molecule has 0 aliphatic carbocycles. The number of nitrogens with one attached hydrogen (secondary N) is 1. The first kappa shape index (κ1) is 21.2. The van der Waals surface area contributed by atoms with Gasteiger partial charge in [-0.3, -0.25) is 4.98 Å². The highest BCUT2D eigenvalue weighted by molar-refractivity contribution is 7.89. The molecule has 0 atom stereocenters. The normalized spacial score (nSPS) is 11.7. The molecular weight excluding hydrogens is 458 g/mol. The van der Waals surface area contributed by atoms with Gasteiger partial charge in [-0.25, -0.2) is 28.0 Å². The average Bonchev–Trinajstić information content (AvgIpc) is 3.43. The SMILES string of the molecule is Cc1nc(CNc2nc(-c3cncc(S(N)(=O)=O)c3)nn3ccc(-c4ccccc4)c23)cs1. The molecule has 0 aliphatic heterocycles. The van der Waals surface area contributed by atoms with Crippen LogP contribution in [0.4, 0.5) is 5.82 Å². The smallest absolute Gasteiger partial charge is 0.239 e. The highest BCUT2D eigenvalue weighted by Gasteiger charge is 2.17. The Morgan fingerprint density at radius 1 is 1.09 bits per heavy atom. The zero-order valence-electron chi connectivity index (χ0n) is 17.5. The molecule has 0 saturated carbocycles. The first-order valence-electron chi connectivity index (χ1n) is 9.96. The Labute approximate surface area is 194 Å². The second kappa shape index (κ2) is 8.35. The van der Waals surface area contributed by atoms with E-state index >= 15 is 0 Å². The molecule has 5 aromatic rings. The van der Waals surface area contributed by atoms with Crippen molar-refractivity contribution in [1.29, 1.82) is 0 Å². The number of rotatable bonds is 6. The Morgan fingerprint density at radius 2 is 1.91 bits per heavy atom. The van der Waals surface area contributed by atoms with Gasteiger partial charge in [-0.2, -0.15) is 0 Å². The first-order chi connectivity index (χ1) is 15.9. The van der Waals surface area contributed by atoms with Crippen LogP contribution in [0.15, 0.2) is 71.3 Å². The van der Waals surface area contributed by atoms with Gasteiger partial charge >= 0.3 is 0 Å². The molecule has 0 radical (unpaired) electrons. The van der Waals surface area contributed by atoms with Gasteiger partial charge in [0.2, 0.25) is 10.0 Å². The van der Waals surface area contributed by atoms with Crippen LogP contribution in [-0.2, 0) is 16.6 Å². The van der Waals surface area contributed by atoms with Gasteiger partial charge in [0.1, 0.15) is 10.4 Å². The van der Waals surface area contributed by atoms with Gasteiger partial charge in [0.15, 0.2) is 11.6 Å². The third-order valence-electron chi connectivity index (χ3n) is 5.00. The van der Waals surface area contributed by atoms with Gasteiger partial charge in [-0.1, -0.05) is 30.3 Å². The lowest BCUT2D eigenvalue weighted by Crippen LogP contribution is -2.13. The number of anilines is 1. The van der Waals surface area contributed by atoms with Crippen LogP contribution in [0.2, 0.25) is 0 Å². The van der Waals surface area contributed by atoms with Crippen molar-refractivity contribution in [3.05, 3.63) is 77.1 Å². The Kier molecular flexibility index (Phi) is 5.36. The molecule has 0 unspecified atom stereocenters. The van der Waals surface area contributed by atoms with Gasteiger partial charge in [0, 0.05) is 35.1 Å². The standard InChI is InChI=1S/C22H19N7O2S2/c1-14-26-17(13-32-14)11-25-22-20-19(15-5-3-2-4-6-15)7-8-29(20)28-21(27-22)16-9-18(12-24-10-16)33(23,30)31/h2-10,12-13H,11H2,1H3,(H2,23,30,31)(H,25,27,28). The number of nitrogens with two attached hydrogens (primary N) is 1. The van der Waals surface area contributed by atoms with Crippen LogP contribution < -0.4 is 10.5 Å². The maximum atomic E-state index is 11.8. The first-order valence-corrected chi connectivity index (χ1v) is 12.4. The second-order valence-electron chi connectivity index (χ2n) is 7.34. The van der Waals surface area contributed by atoms with Crippen molar-refractivity contribution < 1.29 is 8.42 Å². The third-order valence-corrected chi connectivity index (χ3v) is 6.70. The molecule has 0 spiro atoms. The summed E-state index contributed by atoms with van der Waals surface area (Å²) in [7, 11) is -3.91. The summed E-state index contributed by atoms with van der Waals surface area (Å²) in [6.07, 6.45) is 4.55. The van der Waals surface area contributed by atoms with E-state index in [9.17, 15) is 8.42 Å². The third kappa shape index (κ3) is 4.33. The van der Waals surface area contributed by atoms with E-state index in [1.165, 1.54) is 18.5 Å². The Balaban J connectivity index is 1.65. The minimum absolute atomic E-state index is 0.103. The number of pyridine rings is 1. The lowest BCUT2D eigenvalue weighted by molar-refractivity contribution is 0.597. The molecule has 4 heterocycles. The zero-order valence-corrected chi connectivity index (χ0v) is 19.1. The minimum Gasteiger partial charge on any atom is -0.362 e. The van der Waals surface area contributed by atoms with Crippen molar-refractivity contribution in [2.45, 2.75) is 18.4 Å².